The van der Waals surface area contributed by atoms with Crippen molar-refractivity contribution in [1.29, 1.82) is 0 Å². The van der Waals surface area contributed by atoms with Gasteiger partial charge in [-0.25, -0.2) is 0 Å². The molecule has 136 valence electrons. The minimum absolute atomic E-state index is 0.404. The Hall–Kier alpha value is -1.95. The molecule has 0 aliphatic heterocycles. The summed E-state index contributed by atoms with van der Waals surface area (Å²) < 4.78 is 10.6. The molecule has 2 N–H and O–H groups in total. The summed E-state index contributed by atoms with van der Waals surface area (Å²) in [4.78, 5) is 7.10. The van der Waals surface area contributed by atoms with Crippen molar-refractivity contribution in [3.8, 4) is 11.5 Å². The highest BCUT2D eigenvalue weighted by atomic mass is 16.5. The number of nitrogens with zero attached hydrogens (tertiary/aromatic N) is 2. The van der Waals surface area contributed by atoms with Gasteiger partial charge in [0.1, 0.15) is 0 Å². The van der Waals surface area contributed by atoms with Crippen molar-refractivity contribution in [2.24, 2.45) is 4.99 Å². The van der Waals surface area contributed by atoms with Gasteiger partial charge in [-0.05, 0) is 39.1 Å². The van der Waals surface area contributed by atoms with Crippen molar-refractivity contribution >= 4 is 11.6 Å². The van der Waals surface area contributed by atoms with Crippen LogP contribution in [0.25, 0.3) is 0 Å². The number of likely N-dealkylation sites (N-methyl/N-ethyl adjacent to an activating group) is 1. The Morgan fingerprint density at radius 2 is 1.79 bits per heavy atom. The third-order valence-electron chi connectivity index (χ3n) is 3.94. The molecule has 0 aromatic heterocycles. The molecule has 1 rings (SSSR count). The molecule has 0 amide bonds. The molecule has 1 atom stereocenters. The molecule has 0 saturated carbocycles. The first kappa shape index (κ1) is 20.1. The molecule has 0 bridgehead atoms. The first-order chi connectivity index (χ1) is 11.6. The molecule has 0 radical (unpaired) electrons. The summed E-state index contributed by atoms with van der Waals surface area (Å²) in [5.74, 6) is 2.17. The summed E-state index contributed by atoms with van der Waals surface area (Å²) in [6.07, 6.45) is 0. The predicted molar refractivity (Wildman–Crippen MR) is 102 cm³/mol. The lowest BCUT2D eigenvalue weighted by molar-refractivity contribution is 0.237. The van der Waals surface area contributed by atoms with Crippen molar-refractivity contribution in [1.82, 2.24) is 10.2 Å². The average molecular weight is 336 g/mol. The number of hydrogen-bond donors (Lipinski definition) is 2. The van der Waals surface area contributed by atoms with Gasteiger partial charge in [0.25, 0.3) is 0 Å². The normalized spacial score (nSPS) is 12.9. The van der Waals surface area contributed by atoms with Crippen LogP contribution in [-0.2, 0) is 0 Å². The van der Waals surface area contributed by atoms with Gasteiger partial charge in [0.2, 0.25) is 0 Å². The van der Waals surface area contributed by atoms with Gasteiger partial charge in [-0.3, -0.25) is 9.89 Å². The van der Waals surface area contributed by atoms with E-state index in [9.17, 15) is 0 Å². The van der Waals surface area contributed by atoms with Crippen LogP contribution >= 0.6 is 0 Å². The maximum absolute atomic E-state index is 5.35. The standard InChI is InChI=1S/C18H32N4O2/c1-7-19-18(20-13-14(4)22(8-2)9-3)21-15-10-11-16(23-5)17(12-15)24-6/h10-12,14H,7-9,13H2,1-6H3,(H2,19,20,21). The average Bonchev–Trinajstić information content (AvgIpc) is 2.60. The fourth-order valence-corrected chi connectivity index (χ4v) is 2.54. The van der Waals surface area contributed by atoms with Crippen LogP contribution in [0.5, 0.6) is 11.5 Å². The van der Waals surface area contributed by atoms with E-state index >= 15 is 0 Å². The van der Waals surface area contributed by atoms with E-state index < -0.39 is 0 Å². The summed E-state index contributed by atoms with van der Waals surface area (Å²) in [6.45, 7) is 12.2. The molecule has 6 nitrogen and oxygen atoms in total. The SMILES string of the molecule is CCNC(=NCC(C)N(CC)CC)Nc1ccc(OC)c(OC)c1. The number of methoxy groups -OCH3 is 2. The molecule has 1 aromatic rings. The molecule has 1 aromatic carbocycles. The van der Waals surface area contributed by atoms with E-state index in [1.165, 1.54) is 0 Å². The van der Waals surface area contributed by atoms with Gasteiger partial charge in [0.05, 0.1) is 20.8 Å². The Balaban J connectivity index is 2.83. The zero-order valence-corrected chi connectivity index (χ0v) is 15.8. The van der Waals surface area contributed by atoms with E-state index in [2.05, 4.69) is 43.2 Å². The lowest BCUT2D eigenvalue weighted by atomic mass is 10.2. The van der Waals surface area contributed by atoms with Crippen LogP contribution in [-0.4, -0.2) is 57.3 Å². The Morgan fingerprint density at radius 1 is 1.12 bits per heavy atom. The van der Waals surface area contributed by atoms with Crippen LogP contribution in [0.2, 0.25) is 0 Å². The molecule has 0 saturated heterocycles. The van der Waals surface area contributed by atoms with Crippen molar-refractivity contribution in [3.05, 3.63) is 18.2 Å². The highest BCUT2D eigenvalue weighted by Crippen LogP contribution is 2.29. The van der Waals surface area contributed by atoms with Crippen molar-refractivity contribution in [2.75, 3.05) is 45.7 Å². The van der Waals surface area contributed by atoms with E-state index in [1.807, 2.05) is 18.2 Å². The van der Waals surface area contributed by atoms with Crippen LogP contribution in [0, 0.1) is 0 Å². The monoisotopic (exact) mass is 336 g/mol. The fraction of sp³-hybridized carbons (Fsp3) is 0.611. The van der Waals surface area contributed by atoms with Gasteiger partial charge >= 0.3 is 0 Å². The number of anilines is 1. The first-order valence-corrected chi connectivity index (χ1v) is 8.60. The van der Waals surface area contributed by atoms with Gasteiger partial charge in [0, 0.05) is 24.3 Å². The van der Waals surface area contributed by atoms with E-state index in [0.717, 1.165) is 37.8 Å². The molecule has 0 aliphatic carbocycles. The van der Waals surface area contributed by atoms with Crippen LogP contribution in [0.4, 0.5) is 5.69 Å². The second kappa shape index (κ2) is 10.8. The lowest BCUT2D eigenvalue weighted by Gasteiger charge is -2.25. The smallest absolute Gasteiger partial charge is 0.195 e. The fourth-order valence-electron chi connectivity index (χ4n) is 2.54. The van der Waals surface area contributed by atoms with Crippen molar-refractivity contribution in [3.63, 3.8) is 0 Å². The van der Waals surface area contributed by atoms with Gasteiger partial charge in [0.15, 0.2) is 17.5 Å². The van der Waals surface area contributed by atoms with E-state index in [1.54, 1.807) is 14.2 Å². The molecule has 1 unspecified atom stereocenters. The first-order valence-electron chi connectivity index (χ1n) is 8.60. The molecular formula is C18H32N4O2. The molecule has 0 heterocycles. The van der Waals surface area contributed by atoms with Crippen molar-refractivity contribution in [2.45, 2.75) is 33.7 Å². The zero-order chi connectivity index (χ0) is 17.9. The Bertz CT molecular complexity index is 516. The number of nitrogens with one attached hydrogen (secondary N) is 2. The molecule has 0 aliphatic rings. The maximum Gasteiger partial charge on any atom is 0.195 e. The number of benzene rings is 1. The molecule has 0 spiro atoms. The second-order valence-corrected chi connectivity index (χ2v) is 5.48. The number of ether oxygens (including phenoxy) is 2. The number of rotatable bonds is 9. The number of aliphatic imine (C=N–C) groups is 1. The van der Waals surface area contributed by atoms with E-state index in [4.69, 9.17) is 14.5 Å². The third-order valence-corrected chi connectivity index (χ3v) is 3.94. The lowest BCUT2D eigenvalue weighted by Crippen LogP contribution is -2.37. The van der Waals surface area contributed by atoms with Gasteiger partial charge < -0.3 is 20.1 Å². The second-order valence-electron chi connectivity index (χ2n) is 5.48. The highest BCUT2D eigenvalue weighted by Gasteiger charge is 2.10. The Labute approximate surface area is 146 Å². The van der Waals surface area contributed by atoms with E-state index in [0.29, 0.717) is 17.5 Å². The largest absolute Gasteiger partial charge is 0.493 e. The van der Waals surface area contributed by atoms with Gasteiger partial charge in [-0.1, -0.05) is 13.8 Å². The summed E-state index contributed by atoms with van der Waals surface area (Å²) in [7, 11) is 3.26. The van der Waals surface area contributed by atoms with Crippen LogP contribution in [0.15, 0.2) is 23.2 Å². The minimum Gasteiger partial charge on any atom is -0.493 e. The summed E-state index contributed by atoms with van der Waals surface area (Å²) in [6, 6.07) is 6.13. The quantitative estimate of drug-likeness (QED) is 0.536. The van der Waals surface area contributed by atoms with Gasteiger partial charge in [-0.2, -0.15) is 0 Å². The summed E-state index contributed by atoms with van der Waals surface area (Å²) >= 11 is 0. The Morgan fingerprint density at radius 3 is 2.33 bits per heavy atom. The molecule has 0 fully saturated rings. The van der Waals surface area contributed by atoms with Crippen LogP contribution < -0.4 is 20.1 Å². The highest BCUT2D eigenvalue weighted by molar-refractivity contribution is 5.93. The molecular weight excluding hydrogens is 304 g/mol. The van der Waals surface area contributed by atoms with Crippen LogP contribution in [0.3, 0.4) is 0 Å². The number of hydrogen-bond acceptors (Lipinski definition) is 4. The maximum atomic E-state index is 5.35. The van der Waals surface area contributed by atoms with Crippen molar-refractivity contribution < 1.29 is 9.47 Å². The van der Waals surface area contributed by atoms with Crippen LogP contribution in [0.1, 0.15) is 27.7 Å². The van der Waals surface area contributed by atoms with Gasteiger partial charge in [-0.15, -0.1) is 0 Å². The Kier molecular flexibility index (Phi) is 9.01. The summed E-state index contributed by atoms with van der Waals surface area (Å²) in [5.41, 5.74) is 0.905. The summed E-state index contributed by atoms with van der Waals surface area (Å²) in [5, 5.41) is 6.60. The molecule has 24 heavy (non-hydrogen) atoms. The predicted octanol–water partition coefficient (Wildman–Crippen LogP) is 2.81. The molecule has 6 heteroatoms. The zero-order valence-electron chi connectivity index (χ0n) is 15.8. The number of guanidine groups is 1. The minimum atomic E-state index is 0.404. The third kappa shape index (κ3) is 5.92. The topological polar surface area (TPSA) is 58.1 Å². The van der Waals surface area contributed by atoms with E-state index in [-0.39, 0.29) is 0 Å².